The first-order chi connectivity index (χ1) is 14.5. The Morgan fingerprint density at radius 3 is 2.23 bits per heavy atom. The van der Waals surface area contributed by atoms with Crippen molar-refractivity contribution in [2.45, 2.75) is 63.5 Å². The number of piperidine rings is 1. The highest BCUT2D eigenvalue weighted by atomic mass is 16.2. The number of rotatable bonds is 6. The van der Waals surface area contributed by atoms with E-state index >= 15 is 0 Å². The summed E-state index contributed by atoms with van der Waals surface area (Å²) in [6.07, 6.45) is 10.7. The fourth-order valence-electron chi connectivity index (χ4n) is 4.86. The van der Waals surface area contributed by atoms with Crippen LogP contribution in [-0.2, 0) is 6.54 Å². The van der Waals surface area contributed by atoms with E-state index in [1.807, 2.05) is 31.3 Å². The number of nitrogens with zero attached hydrogens (tertiary/aromatic N) is 3. The average Bonchev–Trinajstić information content (AvgIpc) is 2.80. The van der Waals surface area contributed by atoms with Gasteiger partial charge in [-0.25, -0.2) is 0 Å². The molecule has 2 fully saturated rings. The highest BCUT2D eigenvalue weighted by Crippen LogP contribution is 2.35. The van der Waals surface area contributed by atoms with Crippen molar-refractivity contribution in [2.24, 2.45) is 4.99 Å². The molecule has 1 amide bonds. The van der Waals surface area contributed by atoms with Crippen molar-refractivity contribution in [3.63, 3.8) is 0 Å². The number of likely N-dealkylation sites (tertiary alicyclic amines) is 1. The Bertz CT molecular complexity index is 701. The molecule has 2 N–H and O–H groups in total. The maximum Gasteiger partial charge on any atom is 0.253 e. The van der Waals surface area contributed by atoms with Crippen LogP contribution < -0.4 is 10.6 Å². The first kappa shape index (κ1) is 22.6. The first-order valence-corrected chi connectivity index (χ1v) is 11.5. The molecule has 0 aromatic heterocycles. The molecule has 3 rings (SSSR count). The monoisotopic (exact) mass is 413 g/mol. The van der Waals surface area contributed by atoms with Crippen molar-refractivity contribution in [3.05, 3.63) is 35.4 Å². The molecular weight excluding hydrogens is 374 g/mol. The average molecular weight is 414 g/mol. The number of hydrogen-bond donors (Lipinski definition) is 2. The number of aliphatic imine (C=N–C) groups is 1. The smallest absolute Gasteiger partial charge is 0.253 e. The summed E-state index contributed by atoms with van der Waals surface area (Å²) in [7, 11) is 5.38. The largest absolute Gasteiger partial charge is 0.355 e. The van der Waals surface area contributed by atoms with Gasteiger partial charge in [0, 0.05) is 45.3 Å². The van der Waals surface area contributed by atoms with E-state index in [1.54, 1.807) is 19.0 Å². The molecular formula is C24H39N5O. The molecule has 1 saturated carbocycles. The van der Waals surface area contributed by atoms with Crippen LogP contribution in [0.1, 0.15) is 67.3 Å². The third kappa shape index (κ3) is 5.75. The van der Waals surface area contributed by atoms with E-state index in [-0.39, 0.29) is 11.4 Å². The maximum atomic E-state index is 12.0. The zero-order valence-corrected chi connectivity index (χ0v) is 19.0. The third-order valence-electron chi connectivity index (χ3n) is 6.69. The molecule has 6 nitrogen and oxygen atoms in total. The summed E-state index contributed by atoms with van der Waals surface area (Å²) >= 11 is 0. The van der Waals surface area contributed by atoms with Crippen LogP contribution in [-0.4, -0.2) is 68.0 Å². The SMILES string of the molecule is CN=C(NCc1ccc(C(=O)N(C)C)cc1)NCC1(N2CCCCC2)CCCCC1. The predicted octanol–water partition coefficient (Wildman–Crippen LogP) is 3.24. The number of guanidine groups is 1. The van der Waals surface area contributed by atoms with Gasteiger partial charge in [-0.3, -0.25) is 14.7 Å². The molecule has 0 atom stereocenters. The summed E-state index contributed by atoms with van der Waals surface area (Å²) < 4.78 is 0. The second-order valence-corrected chi connectivity index (χ2v) is 9.01. The van der Waals surface area contributed by atoms with Crippen molar-refractivity contribution in [3.8, 4) is 0 Å². The summed E-state index contributed by atoms with van der Waals surface area (Å²) in [4.78, 5) is 20.8. The molecule has 1 heterocycles. The molecule has 0 unspecified atom stereocenters. The van der Waals surface area contributed by atoms with Crippen LogP contribution in [0.15, 0.2) is 29.3 Å². The number of hydrogen-bond acceptors (Lipinski definition) is 3. The lowest BCUT2D eigenvalue weighted by Gasteiger charge is -2.48. The van der Waals surface area contributed by atoms with Gasteiger partial charge in [-0.2, -0.15) is 0 Å². The summed E-state index contributed by atoms with van der Waals surface area (Å²) in [5.74, 6) is 0.882. The quantitative estimate of drug-likeness (QED) is 0.555. The van der Waals surface area contributed by atoms with E-state index in [2.05, 4.69) is 20.5 Å². The molecule has 2 aliphatic rings. The summed E-state index contributed by atoms with van der Waals surface area (Å²) in [6.45, 7) is 4.13. The Labute approximate surface area is 182 Å². The van der Waals surface area contributed by atoms with Crippen molar-refractivity contribution in [1.82, 2.24) is 20.4 Å². The van der Waals surface area contributed by atoms with Gasteiger partial charge in [-0.1, -0.05) is 37.8 Å². The normalized spacial score (nSPS) is 19.9. The topological polar surface area (TPSA) is 60.0 Å². The fourth-order valence-corrected chi connectivity index (χ4v) is 4.86. The molecule has 166 valence electrons. The van der Waals surface area contributed by atoms with E-state index in [4.69, 9.17) is 0 Å². The molecule has 0 spiro atoms. The Hall–Kier alpha value is -2.08. The van der Waals surface area contributed by atoms with E-state index < -0.39 is 0 Å². The summed E-state index contributed by atoms with van der Waals surface area (Å²) in [5.41, 5.74) is 2.13. The van der Waals surface area contributed by atoms with Crippen LogP contribution in [0.25, 0.3) is 0 Å². The molecule has 1 aliphatic heterocycles. The predicted molar refractivity (Wildman–Crippen MR) is 124 cm³/mol. The van der Waals surface area contributed by atoms with Gasteiger partial charge in [0.05, 0.1) is 0 Å². The number of amides is 1. The molecule has 30 heavy (non-hydrogen) atoms. The lowest BCUT2D eigenvalue weighted by atomic mass is 9.79. The Morgan fingerprint density at radius 2 is 1.63 bits per heavy atom. The molecule has 0 radical (unpaired) electrons. The maximum absolute atomic E-state index is 12.0. The number of benzene rings is 1. The van der Waals surface area contributed by atoms with Gasteiger partial charge < -0.3 is 15.5 Å². The van der Waals surface area contributed by atoms with Gasteiger partial charge >= 0.3 is 0 Å². The third-order valence-corrected chi connectivity index (χ3v) is 6.69. The molecule has 0 bridgehead atoms. The summed E-state index contributed by atoms with van der Waals surface area (Å²) in [6, 6.07) is 7.80. The van der Waals surface area contributed by atoms with Crippen molar-refractivity contribution in [2.75, 3.05) is 40.8 Å². The zero-order valence-electron chi connectivity index (χ0n) is 19.0. The standard InChI is InChI=1S/C24H39N5O/c1-25-23(26-18-20-10-12-21(13-11-20)22(30)28(2)3)27-19-24(14-6-4-7-15-24)29-16-8-5-9-17-29/h10-13H,4-9,14-19H2,1-3H3,(H2,25,26,27). The minimum absolute atomic E-state index is 0.0301. The van der Waals surface area contributed by atoms with Crippen LogP contribution in [0, 0.1) is 0 Å². The van der Waals surface area contributed by atoms with Gasteiger partial charge in [0.25, 0.3) is 5.91 Å². The van der Waals surface area contributed by atoms with E-state index in [9.17, 15) is 4.79 Å². The number of carbonyl (C=O) groups is 1. The highest BCUT2D eigenvalue weighted by Gasteiger charge is 2.38. The Morgan fingerprint density at radius 1 is 1.00 bits per heavy atom. The van der Waals surface area contributed by atoms with Crippen molar-refractivity contribution < 1.29 is 4.79 Å². The van der Waals surface area contributed by atoms with Crippen LogP contribution >= 0.6 is 0 Å². The number of carbonyl (C=O) groups excluding carboxylic acids is 1. The first-order valence-electron chi connectivity index (χ1n) is 11.5. The van der Waals surface area contributed by atoms with Crippen LogP contribution in [0.4, 0.5) is 0 Å². The van der Waals surface area contributed by atoms with Crippen molar-refractivity contribution in [1.29, 1.82) is 0 Å². The van der Waals surface area contributed by atoms with Crippen LogP contribution in [0.3, 0.4) is 0 Å². The lowest BCUT2D eigenvalue weighted by molar-refractivity contribution is 0.0368. The highest BCUT2D eigenvalue weighted by molar-refractivity contribution is 5.93. The van der Waals surface area contributed by atoms with Gasteiger partial charge in [-0.15, -0.1) is 0 Å². The van der Waals surface area contributed by atoms with Crippen LogP contribution in [0.2, 0.25) is 0 Å². The van der Waals surface area contributed by atoms with E-state index in [1.165, 1.54) is 64.5 Å². The molecule has 1 aromatic rings. The Kier molecular flexibility index (Phi) is 8.14. The molecule has 1 aliphatic carbocycles. The van der Waals surface area contributed by atoms with Crippen molar-refractivity contribution >= 4 is 11.9 Å². The number of nitrogens with one attached hydrogen (secondary N) is 2. The minimum atomic E-state index is 0.0301. The summed E-state index contributed by atoms with van der Waals surface area (Å²) in [5, 5.41) is 7.07. The molecule has 6 heteroatoms. The lowest BCUT2D eigenvalue weighted by Crippen LogP contribution is -2.59. The van der Waals surface area contributed by atoms with Gasteiger partial charge in [0.2, 0.25) is 0 Å². The second kappa shape index (κ2) is 10.8. The van der Waals surface area contributed by atoms with E-state index in [0.29, 0.717) is 12.1 Å². The fraction of sp³-hybridized carbons (Fsp3) is 0.667. The van der Waals surface area contributed by atoms with Gasteiger partial charge in [-0.05, 0) is 56.5 Å². The van der Waals surface area contributed by atoms with Gasteiger partial charge in [0.1, 0.15) is 0 Å². The zero-order chi connectivity index (χ0) is 21.4. The van der Waals surface area contributed by atoms with Crippen LogP contribution in [0.5, 0.6) is 0 Å². The minimum Gasteiger partial charge on any atom is -0.355 e. The van der Waals surface area contributed by atoms with Gasteiger partial charge in [0.15, 0.2) is 5.96 Å². The second-order valence-electron chi connectivity index (χ2n) is 9.01. The molecule has 1 saturated heterocycles. The Balaban J connectivity index is 1.55. The molecule has 1 aromatic carbocycles. The van der Waals surface area contributed by atoms with E-state index in [0.717, 1.165) is 18.1 Å².